The summed E-state index contributed by atoms with van der Waals surface area (Å²) >= 11 is 0. The van der Waals surface area contributed by atoms with Gasteiger partial charge in [-0.05, 0) is 44.5 Å². The van der Waals surface area contributed by atoms with Gasteiger partial charge < -0.3 is 0 Å². The van der Waals surface area contributed by atoms with Crippen LogP contribution < -0.4 is 0 Å². The Labute approximate surface area is 162 Å². The molecule has 0 unspecified atom stereocenters. The van der Waals surface area contributed by atoms with Gasteiger partial charge in [-0.25, -0.2) is 8.42 Å². The number of hydrogen-bond donors (Lipinski definition) is 0. The summed E-state index contributed by atoms with van der Waals surface area (Å²) in [7, 11) is -7.63. The molecule has 6 nitrogen and oxygen atoms in total. The Morgan fingerprint density at radius 2 is 1.26 bits per heavy atom. The van der Waals surface area contributed by atoms with Gasteiger partial charge in [0.1, 0.15) is 0 Å². The van der Waals surface area contributed by atoms with Crippen molar-refractivity contribution in [2.24, 2.45) is 0 Å². The molecule has 0 spiro atoms. The van der Waals surface area contributed by atoms with E-state index in [1.165, 1.54) is 16.4 Å². The first-order valence-corrected chi connectivity index (χ1v) is 11.5. The van der Waals surface area contributed by atoms with Crippen molar-refractivity contribution in [3.8, 4) is 0 Å². The van der Waals surface area contributed by atoms with Crippen LogP contribution in [0.2, 0.25) is 0 Å². The van der Waals surface area contributed by atoms with Gasteiger partial charge in [-0.2, -0.15) is 12.7 Å². The lowest BCUT2D eigenvalue weighted by atomic mass is 10.2. The molecule has 2 aromatic rings. The highest BCUT2D eigenvalue weighted by Gasteiger charge is 2.24. The van der Waals surface area contributed by atoms with Gasteiger partial charge in [-0.15, -0.1) is 0 Å². The minimum Gasteiger partial charge on any atom is -0.265 e. The van der Waals surface area contributed by atoms with Crippen molar-refractivity contribution < 1.29 is 21.0 Å². The van der Waals surface area contributed by atoms with Crippen LogP contribution in [0.15, 0.2) is 58.3 Å². The summed E-state index contributed by atoms with van der Waals surface area (Å²) in [6.07, 6.45) is 0.607. The zero-order valence-electron chi connectivity index (χ0n) is 15.8. The van der Waals surface area contributed by atoms with Crippen LogP contribution in [0.25, 0.3) is 0 Å². The summed E-state index contributed by atoms with van der Waals surface area (Å²) < 4.78 is 56.4. The van der Waals surface area contributed by atoms with Crippen LogP contribution in [0.5, 0.6) is 0 Å². The normalized spacial score (nSPS) is 12.4. The van der Waals surface area contributed by atoms with Crippen molar-refractivity contribution in [3.05, 3.63) is 59.7 Å². The molecule has 0 radical (unpaired) electrons. The molecule has 8 heteroatoms. The van der Waals surface area contributed by atoms with E-state index in [0.717, 1.165) is 11.1 Å². The molecule has 0 aromatic heterocycles. The van der Waals surface area contributed by atoms with Crippen LogP contribution in [0, 0.1) is 13.8 Å². The monoisotopic (exact) mass is 411 g/mol. The van der Waals surface area contributed by atoms with Crippen molar-refractivity contribution in [2.45, 2.75) is 37.0 Å². The lowest BCUT2D eigenvalue weighted by Gasteiger charge is -2.21. The summed E-state index contributed by atoms with van der Waals surface area (Å²) in [6.45, 7) is 5.59. The molecule has 0 amide bonds. The number of rotatable bonds is 9. The van der Waals surface area contributed by atoms with Crippen LogP contribution in [0.1, 0.15) is 24.5 Å². The standard InChI is InChI=1S/C19H25NO5S2/c1-4-13-20(26(21,22)18-9-5-16(2)6-10-18)14-15-25-27(23,24)19-11-7-17(3)8-12-19/h5-12H,4,13-15H2,1-3H3. The Morgan fingerprint density at radius 1 is 0.778 bits per heavy atom. The predicted octanol–water partition coefficient (Wildman–Crippen LogP) is 3.11. The fourth-order valence-electron chi connectivity index (χ4n) is 2.48. The molecule has 0 fully saturated rings. The number of hydrogen-bond acceptors (Lipinski definition) is 5. The zero-order valence-corrected chi connectivity index (χ0v) is 17.4. The second kappa shape index (κ2) is 8.97. The molecular formula is C19H25NO5S2. The van der Waals surface area contributed by atoms with E-state index >= 15 is 0 Å². The highest BCUT2D eigenvalue weighted by molar-refractivity contribution is 7.89. The summed E-state index contributed by atoms with van der Waals surface area (Å²) in [4.78, 5) is 0.236. The van der Waals surface area contributed by atoms with Crippen molar-refractivity contribution in [2.75, 3.05) is 19.7 Å². The third kappa shape index (κ3) is 5.62. The maximum atomic E-state index is 12.8. The maximum absolute atomic E-state index is 12.8. The second-order valence-electron chi connectivity index (χ2n) is 6.31. The largest absolute Gasteiger partial charge is 0.297 e. The quantitative estimate of drug-likeness (QED) is 0.592. The van der Waals surface area contributed by atoms with Gasteiger partial charge in [0.05, 0.1) is 16.4 Å². The highest BCUT2D eigenvalue weighted by atomic mass is 32.2. The van der Waals surface area contributed by atoms with Crippen LogP contribution in [-0.2, 0) is 24.3 Å². The van der Waals surface area contributed by atoms with Crippen LogP contribution in [-0.4, -0.2) is 40.8 Å². The molecule has 27 heavy (non-hydrogen) atoms. The van der Waals surface area contributed by atoms with Gasteiger partial charge in [0.2, 0.25) is 10.0 Å². The maximum Gasteiger partial charge on any atom is 0.297 e. The molecule has 0 bridgehead atoms. The lowest BCUT2D eigenvalue weighted by molar-refractivity contribution is 0.275. The molecule has 2 rings (SSSR count). The second-order valence-corrected chi connectivity index (χ2v) is 9.86. The topological polar surface area (TPSA) is 80.8 Å². The van der Waals surface area contributed by atoms with E-state index in [9.17, 15) is 16.8 Å². The molecule has 0 aliphatic rings. The summed E-state index contributed by atoms with van der Waals surface area (Å²) in [5, 5.41) is 0. The smallest absolute Gasteiger partial charge is 0.265 e. The number of nitrogens with zero attached hydrogens (tertiary/aromatic N) is 1. The Kier molecular flexibility index (Phi) is 7.16. The van der Waals surface area contributed by atoms with Crippen LogP contribution in [0.4, 0.5) is 0 Å². The summed E-state index contributed by atoms with van der Waals surface area (Å²) in [5.74, 6) is 0. The first-order chi connectivity index (χ1) is 12.7. The molecule has 0 saturated carbocycles. The third-order valence-corrected chi connectivity index (χ3v) is 7.26. The molecule has 0 saturated heterocycles. The zero-order chi connectivity index (χ0) is 20.1. The van der Waals surface area contributed by atoms with E-state index in [2.05, 4.69) is 0 Å². The SMILES string of the molecule is CCCN(CCOS(=O)(=O)c1ccc(C)cc1)S(=O)(=O)c1ccc(C)cc1. The molecule has 148 valence electrons. The van der Waals surface area contributed by atoms with Gasteiger partial charge in [0.25, 0.3) is 10.1 Å². The lowest BCUT2D eigenvalue weighted by Crippen LogP contribution is -2.35. The highest BCUT2D eigenvalue weighted by Crippen LogP contribution is 2.18. The van der Waals surface area contributed by atoms with Gasteiger partial charge in [-0.1, -0.05) is 42.3 Å². The fourth-order valence-corrected chi connectivity index (χ4v) is 4.90. The molecule has 0 aliphatic carbocycles. The van der Waals surface area contributed by atoms with Crippen molar-refractivity contribution in [1.82, 2.24) is 4.31 Å². The Morgan fingerprint density at radius 3 is 1.74 bits per heavy atom. The Balaban J connectivity index is 2.10. The predicted molar refractivity (Wildman–Crippen MR) is 105 cm³/mol. The number of aryl methyl sites for hydroxylation is 2. The molecule has 0 heterocycles. The number of benzene rings is 2. The molecule has 0 atom stereocenters. The van der Waals surface area contributed by atoms with Gasteiger partial charge in [-0.3, -0.25) is 4.18 Å². The van der Waals surface area contributed by atoms with E-state index in [4.69, 9.17) is 4.18 Å². The minimum atomic E-state index is -3.92. The van der Waals surface area contributed by atoms with Gasteiger partial charge >= 0.3 is 0 Å². The van der Waals surface area contributed by atoms with Crippen LogP contribution in [0.3, 0.4) is 0 Å². The summed E-state index contributed by atoms with van der Waals surface area (Å²) in [6, 6.07) is 12.9. The fraction of sp³-hybridized carbons (Fsp3) is 0.368. The molecule has 2 aromatic carbocycles. The first kappa shape index (κ1) is 21.6. The molecular weight excluding hydrogens is 386 g/mol. The Hall–Kier alpha value is -1.74. The number of sulfonamides is 1. The Bertz CT molecular complexity index is 950. The van der Waals surface area contributed by atoms with E-state index in [1.807, 2.05) is 20.8 Å². The minimum absolute atomic E-state index is 0.0465. The van der Waals surface area contributed by atoms with E-state index < -0.39 is 20.1 Å². The van der Waals surface area contributed by atoms with Crippen LogP contribution >= 0.6 is 0 Å². The van der Waals surface area contributed by atoms with E-state index in [1.54, 1.807) is 36.4 Å². The van der Waals surface area contributed by atoms with E-state index in [-0.39, 0.29) is 29.5 Å². The van der Waals surface area contributed by atoms with Gasteiger partial charge in [0.15, 0.2) is 0 Å². The third-order valence-electron chi connectivity index (χ3n) is 4.02. The van der Waals surface area contributed by atoms with Crippen molar-refractivity contribution in [3.63, 3.8) is 0 Å². The summed E-state index contributed by atoms with van der Waals surface area (Å²) in [5.41, 5.74) is 1.90. The van der Waals surface area contributed by atoms with Crippen molar-refractivity contribution >= 4 is 20.1 Å². The molecule has 0 N–H and O–H groups in total. The first-order valence-electron chi connectivity index (χ1n) is 8.70. The average Bonchev–Trinajstić information content (AvgIpc) is 2.61. The molecule has 0 aliphatic heterocycles. The van der Waals surface area contributed by atoms with Gasteiger partial charge in [0, 0.05) is 13.1 Å². The van der Waals surface area contributed by atoms with E-state index in [0.29, 0.717) is 6.42 Å². The van der Waals surface area contributed by atoms with Crippen molar-refractivity contribution in [1.29, 1.82) is 0 Å². The average molecular weight is 412 g/mol.